The molecule has 1 fully saturated rings. The molecule has 1 aliphatic heterocycles. The SMILES string of the molecule is O=C(NCc1nc2ccc(F)cc2[nH]1)[C@@H]1CC[C@H](C(=O)O)O1. The van der Waals surface area contributed by atoms with Gasteiger partial charge < -0.3 is 20.1 Å². The van der Waals surface area contributed by atoms with Crippen LogP contribution in [0.5, 0.6) is 0 Å². The molecule has 2 atom stereocenters. The number of hydrogen-bond donors (Lipinski definition) is 3. The maximum Gasteiger partial charge on any atom is 0.332 e. The van der Waals surface area contributed by atoms with Crippen LogP contribution in [0.2, 0.25) is 0 Å². The fraction of sp³-hybridized carbons (Fsp3) is 0.357. The average molecular weight is 307 g/mol. The van der Waals surface area contributed by atoms with E-state index < -0.39 is 18.2 Å². The van der Waals surface area contributed by atoms with Crippen molar-refractivity contribution >= 4 is 22.9 Å². The number of ether oxygens (including phenoxy) is 1. The standard InChI is InChI=1S/C14H14FN3O4/c15-7-1-2-8-9(5-7)18-12(17-8)6-16-13(19)10-3-4-11(22-10)14(20)21/h1-2,5,10-11H,3-4,6H2,(H,16,19)(H,17,18)(H,20,21)/t10-,11+/m0/s1. The smallest absolute Gasteiger partial charge is 0.332 e. The summed E-state index contributed by atoms with van der Waals surface area (Å²) in [5, 5.41) is 11.5. The summed E-state index contributed by atoms with van der Waals surface area (Å²) in [6, 6.07) is 4.18. The molecule has 0 aliphatic carbocycles. The molecular formula is C14H14FN3O4. The van der Waals surface area contributed by atoms with Crippen LogP contribution in [0.25, 0.3) is 11.0 Å². The zero-order valence-electron chi connectivity index (χ0n) is 11.5. The maximum atomic E-state index is 13.1. The molecule has 0 bridgehead atoms. The first-order valence-corrected chi connectivity index (χ1v) is 6.83. The lowest BCUT2D eigenvalue weighted by atomic mass is 10.2. The molecule has 0 radical (unpaired) electrons. The third-order valence-corrected chi connectivity index (χ3v) is 3.51. The Labute approximate surface area is 124 Å². The Balaban J connectivity index is 1.59. The van der Waals surface area contributed by atoms with E-state index in [9.17, 15) is 14.0 Å². The average Bonchev–Trinajstić information content (AvgIpc) is 3.10. The van der Waals surface area contributed by atoms with E-state index in [4.69, 9.17) is 9.84 Å². The Hall–Kier alpha value is -2.48. The number of carboxylic acid groups (broad SMARTS) is 1. The van der Waals surface area contributed by atoms with Crippen LogP contribution in [0.1, 0.15) is 18.7 Å². The van der Waals surface area contributed by atoms with Crippen molar-refractivity contribution in [1.82, 2.24) is 15.3 Å². The summed E-state index contributed by atoms with van der Waals surface area (Å²) in [5.41, 5.74) is 1.15. The van der Waals surface area contributed by atoms with E-state index in [1.54, 1.807) is 6.07 Å². The summed E-state index contributed by atoms with van der Waals surface area (Å²) in [6.07, 6.45) is -1.00. The van der Waals surface area contributed by atoms with Crippen LogP contribution in [0, 0.1) is 5.82 Å². The van der Waals surface area contributed by atoms with E-state index in [1.165, 1.54) is 12.1 Å². The van der Waals surface area contributed by atoms with Gasteiger partial charge in [0.15, 0.2) is 6.10 Å². The molecule has 116 valence electrons. The molecule has 7 nitrogen and oxygen atoms in total. The molecule has 0 spiro atoms. The van der Waals surface area contributed by atoms with Crippen molar-refractivity contribution in [2.24, 2.45) is 0 Å². The van der Waals surface area contributed by atoms with Crippen LogP contribution in [0.4, 0.5) is 4.39 Å². The van der Waals surface area contributed by atoms with E-state index in [-0.39, 0.29) is 18.3 Å². The number of imidazole rings is 1. The number of carbonyl (C=O) groups is 2. The lowest BCUT2D eigenvalue weighted by Crippen LogP contribution is -2.35. The van der Waals surface area contributed by atoms with Crippen LogP contribution < -0.4 is 5.32 Å². The summed E-state index contributed by atoms with van der Waals surface area (Å²) < 4.78 is 18.2. The van der Waals surface area contributed by atoms with E-state index in [1.807, 2.05) is 0 Å². The zero-order valence-corrected chi connectivity index (χ0v) is 11.5. The largest absolute Gasteiger partial charge is 0.479 e. The number of carbonyl (C=O) groups excluding carboxylic acids is 1. The van der Waals surface area contributed by atoms with Crippen molar-refractivity contribution in [3.63, 3.8) is 0 Å². The van der Waals surface area contributed by atoms with Gasteiger partial charge in [0.1, 0.15) is 17.7 Å². The number of rotatable bonds is 4. The van der Waals surface area contributed by atoms with E-state index >= 15 is 0 Å². The number of hydrogen-bond acceptors (Lipinski definition) is 4. The predicted octanol–water partition coefficient (Wildman–Crippen LogP) is 0.950. The fourth-order valence-electron chi connectivity index (χ4n) is 2.41. The third kappa shape index (κ3) is 2.91. The molecule has 8 heteroatoms. The molecule has 1 saturated heterocycles. The van der Waals surface area contributed by atoms with Crippen molar-refractivity contribution in [2.45, 2.75) is 31.6 Å². The van der Waals surface area contributed by atoms with Gasteiger partial charge in [-0.25, -0.2) is 14.2 Å². The number of aromatic nitrogens is 2. The number of carboxylic acids is 1. The van der Waals surface area contributed by atoms with E-state index in [0.29, 0.717) is 29.7 Å². The Bertz CT molecular complexity index is 730. The van der Waals surface area contributed by atoms with Gasteiger partial charge in [-0.15, -0.1) is 0 Å². The second kappa shape index (κ2) is 5.72. The summed E-state index contributed by atoms with van der Waals surface area (Å²) in [7, 11) is 0. The number of amides is 1. The van der Waals surface area contributed by atoms with Gasteiger partial charge in [-0.1, -0.05) is 0 Å². The quantitative estimate of drug-likeness (QED) is 0.780. The lowest BCUT2D eigenvalue weighted by molar-refractivity contribution is -0.151. The highest BCUT2D eigenvalue weighted by molar-refractivity contribution is 5.82. The molecule has 0 saturated carbocycles. The molecule has 2 heterocycles. The van der Waals surface area contributed by atoms with Crippen molar-refractivity contribution in [3.05, 3.63) is 29.8 Å². The van der Waals surface area contributed by atoms with Crippen LogP contribution in [-0.4, -0.2) is 39.2 Å². The number of fused-ring (bicyclic) bond motifs is 1. The lowest BCUT2D eigenvalue weighted by Gasteiger charge is -2.10. The molecule has 1 aliphatic rings. The van der Waals surface area contributed by atoms with Crippen LogP contribution in [0.3, 0.4) is 0 Å². The molecule has 3 N–H and O–H groups in total. The number of benzene rings is 1. The van der Waals surface area contributed by atoms with Crippen LogP contribution in [0.15, 0.2) is 18.2 Å². The van der Waals surface area contributed by atoms with Crippen molar-refractivity contribution in [2.75, 3.05) is 0 Å². The Morgan fingerprint density at radius 3 is 2.91 bits per heavy atom. The Morgan fingerprint density at radius 1 is 1.41 bits per heavy atom. The van der Waals surface area contributed by atoms with Crippen molar-refractivity contribution in [3.8, 4) is 0 Å². The monoisotopic (exact) mass is 307 g/mol. The summed E-state index contributed by atoms with van der Waals surface area (Å²) in [6.45, 7) is 0.132. The number of nitrogens with one attached hydrogen (secondary N) is 2. The van der Waals surface area contributed by atoms with Crippen LogP contribution >= 0.6 is 0 Å². The maximum absolute atomic E-state index is 13.1. The zero-order chi connectivity index (χ0) is 15.7. The minimum Gasteiger partial charge on any atom is -0.479 e. The van der Waals surface area contributed by atoms with Gasteiger partial charge in [-0.05, 0) is 31.0 Å². The minimum atomic E-state index is -1.06. The first kappa shape index (κ1) is 14.5. The van der Waals surface area contributed by atoms with E-state index in [0.717, 1.165) is 0 Å². The van der Waals surface area contributed by atoms with Gasteiger partial charge in [-0.2, -0.15) is 0 Å². The van der Waals surface area contributed by atoms with Gasteiger partial charge in [-0.3, -0.25) is 4.79 Å². The third-order valence-electron chi connectivity index (χ3n) is 3.51. The summed E-state index contributed by atoms with van der Waals surface area (Å²) in [4.78, 5) is 29.8. The van der Waals surface area contributed by atoms with Gasteiger partial charge in [0.25, 0.3) is 0 Å². The van der Waals surface area contributed by atoms with Gasteiger partial charge in [0.2, 0.25) is 5.91 Å². The molecule has 1 amide bonds. The van der Waals surface area contributed by atoms with Gasteiger partial charge in [0, 0.05) is 0 Å². The van der Waals surface area contributed by atoms with Gasteiger partial charge in [0.05, 0.1) is 17.6 Å². The highest BCUT2D eigenvalue weighted by Crippen LogP contribution is 2.20. The molecule has 2 aromatic rings. The number of aromatic amines is 1. The first-order valence-electron chi connectivity index (χ1n) is 6.83. The Kier molecular flexibility index (Phi) is 3.76. The molecule has 1 aromatic carbocycles. The molecule has 3 rings (SSSR count). The Morgan fingerprint density at radius 2 is 2.18 bits per heavy atom. The fourth-order valence-corrected chi connectivity index (χ4v) is 2.41. The number of nitrogens with zero attached hydrogens (tertiary/aromatic N) is 1. The molecular weight excluding hydrogens is 293 g/mol. The number of halogens is 1. The summed E-state index contributed by atoms with van der Waals surface area (Å²) in [5.74, 6) is -1.32. The first-order chi connectivity index (χ1) is 10.5. The number of H-pyrrole nitrogens is 1. The molecule has 22 heavy (non-hydrogen) atoms. The summed E-state index contributed by atoms with van der Waals surface area (Å²) >= 11 is 0. The highest BCUT2D eigenvalue weighted by Gasteiger charge is 2.34. The van der Waals surface area contributed by atoms with Crippen molar-refractivity contribution < 1.29 is 23.8 Å². The molecule has 1 aromatic heterocycles. The van der Waals surface area contributed by atoms with Crippen molar-refractivity contribution in [1.29, 1.82) is 0 Å². The predicted molar refractivity (Wildman–Crippen MR) is 73.4 cm³/mol. The van der Waals surface area contributed by atoms with Crippen LogP contribution in [-0.2, 0) is 20.9 Å². The normalized spacial score (nSPS) is 21.1. The number of aliphatic carboxylic acids is 1. The highest BCUT2D eigenvalue weighted by atomic mass is 19.1. The van der Waals surface area contributed by atoms with Gasteiger partial charge >= 0.3 is 5.97 Å². The molecule has 0 unspecified atom stereocenters. The second-order valence-electron chi connectivity index (χ2n) is 5.09. The minimum absolute atomic E-state index is 0.132. The topological polar surface area (TPSA) is 104 Å². The second-order valence-corrected chi connectivity index (χ2v) is 5.09. The van der Waals surface area contributed by atoms with E-state index in [2.05, 4.69) is 15.3 Å².